The van der Waals surface area contributed by atoms with Crippen LogP contribution in [0.3, 0.4) is 0 Å². The van der Waals surface area contributed by atoms with E-state index in [1.807, 2.05) is 19.3 Å². The van der Waals surface area contributed by atoms with Crippen LogP contribution in [-0.2, 0) is 18.3 Å². The van der Waals surface area contributed by atoms with Gasteiger partial charge in [0, 0.05) is 19.2 Å². The van der Waals surface area contributed by atoms with Gasteiger partial charge in [0.2, 0.25) is 0 Å². The Labute approximate surface area is 103 Å². The molecule has 0 saturated heterocycles. The summed E-state index contributed by atoms with van der Waals surface area (Å²) in [7, 11) is 1.89. The molecule has 1 aliphatic rings. The minimum Gasteiger partial charge on any atom is -0.299 e. The van der Waals surface area contributed by atoms with E-state index in [0.29, 0.717) is 17.6 Å². The van der Waals surface area contributed by atoms with Gasteiger partial charge < -0.3 is 0 Å². The van der Waals surface area contributed by atoms with E-state index in [2.05, 4.69) is 18.9 Å². The minimum absolute atomic E-state index is 0.269. The van der Waals surface area contributed by atoms with Crippen LogP contribution in [0.25, 0.3) is 0 Å². The standard InChI is InChI=1S/C14H22N2O/c1-14(2)7-4-11(5-8-14)13(17)10-12-6-9-16(3)15-12/h6,9,11H,4-5,7-8,10H2,1-3H3. The maximum Gasteiger partial charge on any atom is 0.141 e. The molecule has 1 fully saturated rings. The van der Waals surface area contributed by atoms with Gasteiger partial charge in [0.25, 0.3) is 0 Å². The lowest BCUT2D eigenvalue weighted by atomic mass is 9.71. The number of carbonyl (C=O) groups excluding carboxylic acids is 1. The van der Waals surface area contributed by atoms with Crippen LogP contribution in [0.1, 0.15) is 45.2 Å². The highest BCUT2D eigenvalue weighted by Gasteiger charge is 2.30. The number of ketones is 1. The van der Waals surface area contributed by atoms with Crippen LogP contribution in [0.5, 0.6) is 0 Å². The monoisotopic (exact) mass is 234 g/mol. The third-order valence-electron chi connectivity index (χ3n) is 3.92. The second kappa shape index (κ2) is 4.63. The van der Waals surface area contributed by atoms with Crippen molar-refractivity contribution < 1.29 is 4.79 Å². The maximum absolute atomic E-state index is 12.1. The topological polar surface area (TPSA) is 34.9 Å². The van der Waals surface area contributed by atoms with Crippen molar-refractivity contribution in [2.75, 3.05) is 0 Å². The first-order valence-corrected chi connectivity index (χ1v) is 6.47. The Morgan fingerprint density at radius 2 is 2.12 bits per heavy atom. The fourth-order valence-corrected chi connectivity index (χ4v) is 2.60. The fraction of sp³-hybridized carbons (Fsp3) is 0.714. The predicted octanol–water partition coefficient (Wildman–Crippen LogP) is 2.75. The average Bonchev–Trinajstić information content (AvgIpc) is 2.63. The lowest BCUT2D eigenvalue weighted by molar-refractivity contribution is -0.123. The zero-order chi connectivity index (χ0) is 12.5. The van der Waals surface area contributed by atoms with Gasteiger partial charge >= 0.3 is 0 Å². The van der Waals surface area contributed by atoms with Gasteiger partial charge in [-0.2, -0.15) is 5.10 Å². The van der Waals surface area contributed by atoms with Crippen molar-refractivity contribution in [3.8, 4) is 0 Å². The highest BCUT2D eigenvalue weighted by atomic mass is 16.1. The Hall–Kier alpha value is -1.12. The van der Waals surface area contributed by atoms with Crippen molar-refractivity contribution in [2.24, 2.45) is 18.4 Å². The normalized spacial score (nSPS) is 20.4. The van der Waals surface area contributed by atoms with E-state index < -0.39 is 0 Å². The van der Waals surface area contributed by atoms with Crippen LogP contribution >= 0.6 is 0 Å². The Morgan fingerprint density at radius 3 is 2.65 bits per heavy atom. The van der Waals surface area contributed by atoms with E-state index in [9.17, 15) is 4.79 Å². The van der Waals surface area contributed by atoms with Crippen LogP contribution in [0.15, 0.2) is 12.3 Å². The summed E-state index contributed by atoms with van der Waals surface area (Å²) in [5.41, 5.74) is 1.34. The number of nitrogens with zero attached hydrogens (tertiary/aromatic N) is 2. The molecule has 3 heteroatoms. The van der Waals surface area contributed by atoms with Gasteiger partial charge in [-0.3, -0.25) is 9.48 Å². The van der Waals surface area contributed by atoms with E-state index >= 15 is 0 Å². The molecule has 0 spiro atoms. The summed E-state index contributed by atoms with van der Waals surface area (Å²) in [6.45, 7) is 4.60. The summed E-state index contributed by atoms with van der Waals surface area (Å²) >= 11 is 0. The molecule has 1 aromatic rings. The molecule has 0 bridgehead atoms. The third-order valence-corrected chi connectivity index (χ3v) is 3.92. The van der Waals surface area contributed by atoms with Crippen molar-refractivity contribution in [1.29, 1.82) is 0 Å². The van der Waals surface area contributed by atoms with E-state index in [0.717, 1.165) is 18.5 Å². The lowest BCUT2D eigenvalue weighted by Gasteiger charge is -2.33. The molecule has 1 heterocycles. The second-order valence-corrected chi connectivity index (χ2v) is 6.06. The number of aryl methyl sites for hydroxylation is 1. The molecule has 0 amide bonds. The summed E-state index contributed by atoms with van der Waals surface area (Å²) < 4.78 is 1.76. The lowest BCUT2D eigenvalue weighted by Crippen LogP contribution is -2.27. The number of hydrogen-bond acceptors (Lipinski definition) is 2. The first-order valence-electron chi connectivity index (χ1n) is 6.47. The summed E-state index contributed by atoms with van der Waals surface area (Å²) in [6, 6.07) is 1.94. The van der Waals surface area contributed by atoms with Gasteiger partial charge in [-0.05, 0) is 37.2 Å². The molecular formula is C14H22N2O. The molecule has 0 unspecified atom stereocenters. The van der Waals surface area contributed by atoms with Gasteiger partial charge in [-0.1, -0.05) is 13.8 Å². The average molecular weight is 234 g/mol. The Bertz CT molecular complexity index is 396. The maximum atomic E-state index is 12.1. The van der Waals surface area contributed by atoms with E-state index in [1.165, 1.54) is 12.8 Å². The number of aromatic nitrogens is 2. The van der Waals surface area contributed by atoms with Crippen molar-refractivity contribution in [3.63, 3.8) is 0 Å². The quantitative estimate of drug-likeness (QED) is 0.806. The molecular weight excluding hydrogens is 212 g/mol. The number of carbonyl (C=O) groups is 1. The van der Waals surface area contributed by atoms with Gasteiger partial charge in [-0.15, -0.1) is 0 Å². The van der Waals surface area contributed by atoms with E-state index in [4.69, 9.17) is 0 Å². The number of hydrogen-bond donors (Lipinski definition) is 0. The van der Waals surface area contributed by atoms with Crippen LogP contribution in [0, 0.1) is 11.3 Å². The van der Waals surface area contributed by atoms with E-state index in [1.54, 1.807) is 4.68 Å². The second-order valence-electron chi connectivity index (χ2n) is 6.06. The first-order chi connectivity index (χ1) is 7.96. The zero-order valence-electron chi connectivity index (χ0n) is 11.1. The fourth-order valence-electron chi connectivity index (χ4n) is 2.60. The van der Waals surface area contributed by atoms with Crippen LogP contribution in [-0.4, -0.2) is 15.6 Å². The predicted molar refractivity (Wildman–Crippen MR) is 67.7 cm³/mol. The molecule has 0 radical (unpaired) electrons. The van der Waals surface area contributed by atoms with E-state index in [-0.39, 0.29) is 5.92 Å². The summed E-state index contributed by atoms with van der Waals surface area (Å²) in [5.74, 6) is 0.643. The van der Waals surface area contributed by atoms with Crippen molar-refractivity contribution in [1.82, 2.24) is 9.78 Å². The molecule has 1 aliphatic carbocycles. The smallest absolute Gasteiger partial charge is 0.141 e. The Balaban J connectivity index is 1.89. The highest BCUT2D eigenvalue weighted by Crippen LogP contribution is 2.38. The molecule has 0 N–H and O–H groups in total. The molecule has 1 saturated carbocycles. The van der Waals surface area contributed by atoms with Crippen LogP contribution in [0.2, 0.25) is 0 Å². The molecule has 2 rings (SSSR count). The molecule has 0 atom stereocenters. The zero-order valence-corrected chi connectivity index (χ0v) is 11.1. The molecule has 0 aromatic carbocycles. The SMILES string of the molecule is Cn1ccc(CC(=O)C2CCC(C)(C)CC2)n1. The molecule has 94 valence electrons. The van der Waals surface area contributed by atoms with Gasteiger partial charge in [0.05, 0.1) is 12.1 Å². The third kappa shape index (κ3) is 3.18. The molecule has 3 nitrogen and oxygen atoms in total. The van der Waals surface area contributed by atoms with Crippen molar-refractivity contribution in [3.05, 3.63) is 18.0 Å². The summed E-state index contributed by atoms with van der Waals surface area (Å²) in [4.78, 5) is 12.1. The largest absolute Gasteiger partial charge is 0.299 e. The minimum atomic E-state index is 0.269. The van der Waals surface area contributed by atoms with Crippen LogP contribution < -0.4 is 0 Å². The Kier molecular flexibility index (Phi) is 3.36. The summed E-state index contributed by atoms with van der Waals surface area (Å²) in [6.07, 6.45) is 6.85. The summed E-state index contributed by atoms with van der Waals surface area (Å²) in [5, 5.41) is 4.27. The molecule has 17 heavy (non-hydrogen) atoms. The van der Waals surface area contributed by atoms with Crippen LogP contribution in [0.4, 0.5) is 0 Å². The highest BCUT2D eigenvalue weighted by molar-refractivity contribution is 5.82. The molecule has 1 aromatic heterocycles. The van der Waals surface area contributed by atoms with Crippen molar-refractivity contribution >= 4 is 5.78 Å². The van der Waals surface area contributed by atoms with Gasteiger partial charge in [-0.25, -0.2) is 0 Å². The molecule has 0 aliphatic heterocycles. The van der Waals surface area contributed by atoms with Gasteiger partial charge in [0.1, 0.15) is 5.78 Å². The number of rotatable bonds is 3. The van der Waals surface area contributed by atoms with Gasteiger partial charge in [0.15, 0.2) is 0 Å². The Morgan fingerprint density at radius 1 is 1.47 bits per heavy atom. The first kappa shape index (κ1) is 12.3. The van der Waals surface area contributed by atoms with Crippen molar-refractivity contribution in [2.45, 2.75) is 46.0 Å². The number of Topliss-reactive ketones (excluding diaryl/α,β-unsaturated/α-hetero) is 1.